The van der Waals surface area contributed by atoms with Gasteiger partial charge in [0.05, 0.1) is 16.9 Å². The summed E-state index contributed by atoms with van der Waals surface area (Å²) in [6.45, 7) is 4.68. The molecule has 4 aliphatic rings. The molecular weight excluding hydrogens is 594 g/mol. The topological polar surface area (TPSA) is 104 Å². The van der Waals surface area contributed by atoms with Gasteiger partial charge in [-0.2, -0.15) is 5.26 Å². The minimum absolute atomic E-state index is 0.0345. The van der Waals surface area contributed by atoms with Gasteiger partial charge in [0.15, 0.2) is 0 Å². The van der Waals surface area contributed by atoms with E-state index in [1.807, 2.05) is 13.0 Å². The van der Waals surface area contributed by atoms with Crippen LogP contribution in [0, 0.1) is 17.2 Å². The smallest absolute Gasteiger partial charge is 0.276 e. The first-order chi connectivity index (χ1) is 21.7. The van der Waals surface area contributed by atoms with Crippen LogP contribution in [0.15, 0.2) is 41.5 Å². The zero-order valence-electron chi connectivity index (χ0n) is 25.9. The number of benzene rings is 1. The highest BCUT2D eigenvalue weighted by Gasteiger charge is 2.43. The number of aryl methyl sites for hydroxylation is 1. The minimum atomic E-state index is -2.93. The van der Waals surface area contributed by atoms with Crippen molar-refractivity contribution in [1.29, 1.82) is 5.26 Å². The van der Waals surface area contributed by atoms with Crippen molar-refractivity contribution >= 4 is 27.7 Å². The maximum absolute atomic E-state index is 15.9. The fourth-order valence-electron chi connectivity index (χ4n) is 7.29. The van der Waals surface area contributed by atoms with Gasteiger partial charge in [-0.15, -0.1) is 0 Å². The van der Waals surface area contributed by atoms with Crippen molar-refractivity contribution < 1.29 is 13.0 Å². The Balaban J connectivity index is 1.42. The van der Waals surface area contributed by atoms with Gasteiger partial charge in [0.25, 0.3) is 11.5 Å². The molecule has 8 nitrogen and oxygen atoms in total. The summed E-state index contributed by atoms with van der Waals surface area (Å²) in [5.41, 5.74) is 0.346. The lowest BCUT2D eigenvalue weighted by atomic mass is 9.77. The maximum Gasteiger partial charge on any atom is 0.276 e. The van der Waals surface area contributed by atoms with Crippen LogP contribution in [0.3, 0.4) is 0 Å². The maximum atomic E-state index is 15.9. The standard InChI is InChI=1S/C34H42F2N6O2S/c1-24-25-8-7-9-27(20-25)34(35,36)26-10-16-41(17-11-26)14-5-3-2-4-6-15-42-31-28(30(40-24)38-23-39-31)21-29(32(42)43)33(22-37)12-18-45(44)19-13-33/h7-9,20-21,23-24,26H,2-6,10-19H2,1H3,(H,38,39,40)/t24-,33?,45?/m1/s1. The molecule has 7 rings (SSSR count). The van der Waals surface area contributed by atoms with Gasteiger partial charge in [0.1, 0.15) is 17.8 Å². The number of hydrogen-bond donors (Lipinski definition) is 1. The Morgan fingerprint density at radius 2 is 1.71 bits per heavy atom. The van der Waals surface area contributed by atoms with E-state index >= 15 is 8.78 Å². The molecule has 45 heavy (non-hydrogen) atoms. The molecule has 2 fully saturated rings. The highest BCUT2D eigenvalue weighted by molar-refractivity contribution is 7.85. The first kappa shape index (κ1) is 31.7. The van der Waals surface area contributed by atoms with E-state index in [-0.39, 0.29) is 17.2 Å². The number of piperidine rings is 1. The van der Waals surface area contributed by atoms with E-state index in [2.05, 4.69) is 26.3 Å². The van der Waals surface area contributed by atoms with Gasteiger partial charge in [-0.25, -0.2) is 18.7 Å². The Labute approximate surface area is 265 Å². The van der Waals surface area contributed by atoms with Gasteiger partial charge >= 0.3 is 0 Å². The number of nitrogens with zero attached hydrogens (tertiary/aromatic N) is 5. The largest absolute Gasteiger partial charge is 0.363 e. The molecule has 11 heteroatoms. The summed E-state index contributed by atoms with van der Waals surface area (Å²) >= 11 is 0. The van der Waals surface area contributed by atoms with Gasteiger partial charge in [0.2, 0.25) is 0 Å². The summed E-state index contributed by atoms with van der Waals surface area (Å²) in [5, 5.41) is 14.4. The molecule has 240 valence electrons. The lowest BCUT2D eigenvalue weighted by Crippen LogP contribution is -2.40. The lowest BCUT2D eigenvalue weighted by Gasteiger charge is -2.36. The Morgan fingerprint density at radius 1 is 1.00 bits per heavy atom. The molecule has 8 bridgehead atoms. The summed E-state index contributed by atoms with van der Waals surface area (Å²) in [6.07, 6.45) is 7.90. The van der Waals surface area contributed by atoms with Crippen molar-refractivity contribution in [3.8, 4) is 6.07 Å². The summed E-state index contributed by atoms with van der Waals surface area (Å²) in [7, 11) is -1.00. The molecule has 1 N–H and O–H groups in total. The third-order valence-corrected chi connectivity index (χ3v) is 11.5. The Bertz CT molecular complexity index is 1650. The van der Waals surface area contributed by atoms with E-state index in [1.54, 1.807) is 22.8 Å². The highest BCUT2D eigenvalue weighted by Crippen LogP contribution is 2.42. The van der Waals surface area contributed by atoms with E-state index < -0.39 is 28.1 Å². The van der Waals surface area contributed by atoms with Crippen LogP contribution in [-0.4, -0.2) is 54.8 Å². The number of rotatable bonds is 1. The second kappa shape index (κ2) is 13.2. The molecule has 3 aromatic rings. The third kappa shape index (κ3) is 6.41. The van der Waals surface area contributed by atoms with Crippen LogP contribution < -0.4 is 10.9 Å². The Hall–Kier alpha value is -3.23. The summed E-state index contributed by atoms with van der Waals surface area (Å²) < 4.78 is 45.6. The fraction of sp³-hybridized carbons (Fsp3) is 0.588. The van der Waals surface area contributed by atoms with Gasteiger partial charge in [-0.1, -0.05) is 37.5 Å². The van der Waals surface area contributed by atoms with Crippen LogP contribution in [0.5, 0.6) is 0 Å². The van der Waals surface area contributed by atoms with E-state index in [0.29, 0.717) is 84.8 Å². The zero-order valence-corrected chi connectivity index (χ0v) is 26.8. The first-order valence-electron chi connectivity index (χ1n) is 16.3. The van der Waals surface area contributed by atoms with Crippen LogP contribution in [0.4, 0.5) is 14.6 Å². The summed E-state index contributed by atoms with van der Waals surface area (Å²) in [4.78, 5) is 25.5. The number of nitrogens with one attached hydrogen (secondary N) is 1. The van der Waals surface area contributed by atoms with Crippen LogP contribution in [0.1, 0.15) is 87.4 Å². The normalized spacial score (nSPS) is 29.4. The van der Waals surface area contributed by atoms with E-state index in [0.717, 1.165) is 38.6 Å². The van der Waals surface area contributed by atoms with Gasteiger partial charge < -0.3 is 10.2 Å². The van der Waals surface area contributed by atoms with Gasteiger partial charge in [-0.05, 0) is 82.8 Å². The third-order valence-electron chi connectivity index (χ3n) is 10.2. The van der Waals surface area contributed by atoms with E-state index in [4.69, 9.17) is 0 Å². The number of anilines is 1. The van der Waals surface area contributed by atoms with E-state index in [1.165, 1.54) is 12.4 Å². The summed E-state index contributed by atoms with van der Waals surface area (Å²) in [5.74, 6) is -2.39. The number of aromatic nitrogens is 3. The molecule has 1 aromatic carbocycles. The second-order valence-electron chi connectivity index (χ2n) is 13.0. The van der Waals surface area contributed by atoms with Crippen LogP contribution in [0.25, 0.3) is 11.0 Å². The quantitative estimate of drug-likeness (QED) is 0.348. The second-order valence-corrected chi connectivity index (χ2v) is 14.7. The first-order valence-corrected chi connectivity index (χ1v) is 17.8. The molecule has 0 amide bonds. The molecule has 2 saturated heterocycles. The van der Waals surface area contributed by atoms with Crippen molar-refractivity contribution in [3.63, 3.8) is 0 Å². The van der Waals surface area contributed by atoms with Crippen molar-refractivity contribution in [2.75, 3.05) is 36.5 Å². The fourth-order valence-corrected chi connectivity index (χ4v) is 8.64. The monoisotopic (exact) mass is 636 g/mol. The molecule has 0 unspecified atom stereocenters. The molecule has 0 spiro atoms. The predicted molar refractivity (Wildman–Crippen MR) is 173 cm³/mol. The van der Waals surface area contributed by atoms with Crippen LogP contribution >= 0.6 is 0 Å². The molecular formula is C34H42F2N6O2S. The number of hydrogen-bond acceptors (Lipinski definition) is 7. The van der Waals surface area contributed by atoms with Crippen molar-refractivity contribution in [1.82, 2.24) is 19.4 Å². The van der Waals surface area contributed by atoms with Crippen molar-refractivity contribution in [2.45, 2.75) is 88.6 Å². The van der Waals surface area contributed by atoms with Crippen LogP contribution in [-0.2, 0) is 28.7 Å². The molecule has 2 aromatic heterocycles. The molecule has 1 atom stereocenters. The summed E-state index contributed by atoms with van der Waals surface area (Å²) in [6, 6.07) is 10.5. The average molecular weight is 637 g/mol. The highest BCUT2D eigenvalue weighted by atomic mass is 32.2. The Kier molecular flexibility index (Phi) is 9.34. The molecule has 0 radical (unpaired) electrons. The number of pyridine rings is 1. The van der Waals surface area contributed by atoms with Gasteiger partial charge in [0, 0.05) is 51.9 Å². The van der Waals surface area contributed by atoms with Gasteiger partial charge in [-0.3, -0.25) is 13.6 Å². The minimum Gasteiger partial charge on any atom is -0.363 e. The predicted octanol–water partition coefficient (Wildman–Crippen LogP) is 6.04. The molecule has 0 aliphatic carbocycles. The number of halogens is 2. The molecule has 4 aliphatic heterocycles. The van der Waals surface area contributed by atoms with Crippen molar-refractivity contribution in [3.05, 3.63) is 63.7 Å². The SMILES string of the molecule is C[C@H]1Nc2ncnc3c2cc(C2(C#N)CCS(=O)CC2)c(=O)n3CCCCCCCN2CCC(CC2)C(F)(F)c2cccc1c2. The van der Waals surface area contributed by atoms with E-state index in [9.17, 15) is 14.3 Å². The number of fused-ring (bicyclic) bond motifs is 9. The molecule has 6 heterocycles. The number of alkyl halides is 2. The lowest BCUT2D eigenvalue weighted by molar-refractivity contribution is -0.0855. The zero-order chi connectivity index (χ0) is 31.6. The molecule has 0 saturated carbocycles. The Morgan fingerprint density at radius 3 is 2.44 bits per heavy atom. The van der Waals surface area contributed by atoms with Crippen LogP contribution in [0.2, 0.25) is 0 Å². The number of nitriles is 1. The van der Waals surface area contributed by atoms with Crippen molar-refractivity contribution in [2.24, 2.45) is 5.92 Å². The average Bonchev–Trinajstić information content (AvgIpc) is 3.05.